The SMILES string of the molecule is C=C(CC(=O)N[C@H](C)c1ccccc1)NNC(=O)c1ccncc1. The number of amides is 2. The first-order valence-electron chi connectivity index (χ1n) is 7.54. The number of aromatic nitrogens is 1. The Balaban J connectivity index is 1.76. The Bertz CT molecular complexity index is 701. The number of carbonyl (C=O) groups is 2. The van der Waals surface area contributed by atoms with Crippen LogP contribution in [0.5, 0.6) is 0 Å². The number of carbonyl (C=O) groups excluding carboxylic acids is 2. The lowest BCUT2D eigenvalue weighted by Gasteiger charge is -2.15. The first kappa shape index (κ1) is 17.2. The number of rotatable bonds is 7. The zero-order chi connectivity index (χ0) is 17.4. The summed E-state index contributed by atoms with van der Waals surface area (Å²) in [6.45, 7) is 5.65. The molecule has 0 saturated carbocycles. The van der Waals surface area contributed by atoms with Gasteiger partial charge in [0.25, 0.3) is 5.91 Å². The van der Waals surface area contributed by atoms with Crippen LogP contribution in [0.2, 0.25) is 0 Å². The van der Waals surface area contributed by atoms with Crippen molar-refractivity contribution < 1.29 is 9.59 Å². The number of nitrogens with one attached hydrogen (secondary N) is 3. The fourth-order valence-corrected chi connectivity index (χ4v) is 2.08. The monoisotopic (exact) mass is 324 g/mol. The first-order valence-corrected chi connectivity index (χ1v) is 7.54. The van der Waals surface area contributed by atoms with Gasteiger partial charge in [0.1, 0.15) is 0 Å². The highest BCUT2D eigenvalue weighted by molar-refractivity contribution is 5.93. The molecule has 2 rings (SSSR count). The molecule has 24 heavy (non-hydrogen) atoms. The normalized spacial score (nSPS) is 11.2. The quantitative estimate of drug-likeness (QED) is 0.681. The standard InChI is InChI=1S/C18H20N4O2/c1-13(21-22-18(24)16-8-10-19-11-9-16)12-17(23)20-14(2)15-6-4-3-5-7-15/h3-11,14,21H,1,12H2,2H3,(H,20,23)(H,22,24)/t14-/m1/s1. The van der Waals surface area contributed by atoms with Crippen molar-refractivity contribution in [1.82, 2.24) is 21.2 Å². The van der Waals surface area contributed by atoms with Gasteiger partial charge >= 0.3 is 0 Å². The van der Waals surface area contributed by atoms with Crippen LogP contribution in [0.3, 0.4) is 0 Å². The van der Waals surface area contributed by atoms with E-state index in [0.29, 0.717) is 11.3 Å². The summed E-state index contributed by atoms with van der Waals surface area (Å²) in [5, 5.41) is 2.89. The van der Waals surface area contributed by atoms with Crippen LogP contribution in [0.1, 0.15) is 35.3 Å². The van der Waals surface area contributed by atoms with Crippen LogP contribution < -0.4 is 16.2 Å². The number of hydrogen-bond acceptors (Lipinski definition) is 4. The fraction of sp³-hybridized carbons (Fsp3) is 0.167. The molecule has 124 valence electrons. The molecule has 0 fully saturated rings. The summed E-state index contributed by atoms with van der Waals surface area (Å²) in [7, 11) is 0. The molecule has 0 spiro atoms. The second-order valence-corrected chi connectivity index (χ2v) is 5.30. The van der Waals surface area contributed by atoms with E-state index in [0.717, 1.165) is 5.56 Å². The summed E-state index contributed by atoms with van der Waals surface area (Å²) in [5.74, 6) is -0.501. The van der Waals surface area contributed by atoms with Gasteiger partial charge in [-0.25, -0.2) is 0 Å². The van der Waals surface area contributed by atoms with Crippen LogP contribution in [-0.2, 0) is 4.79 Å². The van der Waals surface area contributed by atoms with E-state index in [1.807, 2.05) is 37.3 Å². The molecular weight excluding hydrogens is 304 g/mol. The Morgan fingerprint density at radius 2 is 1.75 bits per heavy atom. The Labute approximate surface area is 141 Å². The lowest BCUT2D eigenvalue weighted by Crippen LogP contribution is -2.38. The number of benzene rings is 1. The lowest BCUT2D eigenvalue weighted by atomic mass is 10.1. The van der Waals surface area contributed by atoms with Crippen LogP contribution in [-0.4, -0.2) is 16.8 Å². The molecule has 6 heteroatoms. The van der Waals surface area contributed by atoms with Crippen molar-refractivity contribution >= 4 is 11.8 Å². The number of hydrogen-bond donors (Lipinski definition) is 3. The Hall–Kier alpha value is -3.15. The average Bonchev–Trinajstić information content (AvgIpc) is 2.61. The third kappa shape index (κ3) is 5.24. The van der Waals surface area contributed by atoms with Crippen molar-refractivity contribution in [2.75, 3.05) is 0 Å². The zero-order valence-corrected chi connectivity index (χ0v) is 13.5. The van der Waals surface area contributed by atoms with E-state index in [2.05, 4.69) is 27.7 Å². The number of pyridine rings is 1. The van der Waals surface area contributed by atoms with Gasteiger partial charge in [0.15, 0.2) is 0 Å². The van der Waals surface area contributed by atoms with E-state index in [1.54, 1.807) is 12.1 Å². The second kappa shape index (κ2) is 8.47. The molecular formula is C18H20N4O2. The Morgan fingerprint density at radius 1 is 1.08 bits per heavy atom. The molecule has 2 amide bonds. The van der Waals surface area contributed by atoms with Gasteiger partial charge in [-0.05, 0) is 24.6 Å². The summed E-state index contributed by atoms with van der Waals surface area (Å²) in [5.41, 5.74) is 7.03. The number of nitrogens with zero attached hydrogens (tertiary/aromatic N) is 1. The maximum absolute atomic E-state index is 12.0. The lowest BCUT2D eigenvalue weighted by molar-refractivity contribution is -0.121. The van der Waals surface area contributed by atoms with Crippen molar-refractivity contribution in [3.63, 3.8) is 0 Å². The van der Waals surface area contributed by atoms with Gasteiger partial charge in [-0.2, -0.15) is 0 Å². The van der Waals surface area contributed by atoms with Crippen molar-refractivity contribution in [1.29, 1.82) is 0 Å². The molecule has 0 bridgehead atoms. The molecule has 0 radical (unpaired) electrons. The van der Waals surface area contributed by atoms with Gasteiger partial charge in [-0.3, -0.25) is 20.0 Å². The molecule has 2 aromatic rings. The molecule has 0 aliphatic carbocycles. The van der Waals surface area contributed by atoms with Gasteiger partial charge < -0.3 is 10.7 Å². The minimum Gasteiger partial charge on any atom is -0.349 e. The maximum Gasteiger partial charge on any atom is 0.269 e. The molecule has 1 atom stereocenters. The molecule has 1 aromatic carbocycles. The van der Waals surface area contributed by atoms with Gasteiger partial charge in [0, 0.05) is 23.7 Å². The van der Waals surface area contributed by atoms with Gasteiger partial charge in [0.2, 0.25) is 5.91 Å². The zero-order valence-electron chi connectivity index (χ0n) is 13.5. The molecule has 0 aliphatic heterocycles. The first-order chi connectivity index (χ1) is 11.6. The fourth-order valence-electron chi connectivity index (χ4n) is 2.08. The minimum absolute atomic E-state index is 0.0633. The van der Waals surface area contributed by atoms with E-state index in [9.17, 15) is 9.59 Å². The summed E-state index contributed by atoms with van der Waals surface area (Å²) < 4.78 is 0. The maximum atomic E-state index is 12.0. The van der Waals surface area contributed by atoms with E-state index < -0.39 is 0 Å². The summed E-state index contributed by atoms with van der Waals surface area (Å²) in [6, 6.07) is 12.8. The molecule has 1 aromatic heterocycles. The Kier molecular flexibility index (Phi) is 6.08. The van der Waals surface area contributed by atoms with Gasteiger partial charge in [-0.1, -0.05) is 36.9 Å². The van der Waals surface area contributed by atoms with Crippen LogP contribution in [0.15, 0.2) is 67.1 Å². The summed E-state index contributed by atoms with van der Waals surface area (Å²) in [6.07, 6.45) is 3.12. The summed E-state index contributed by atoms with van der Waals surface area (Å²) in [4.78, 5) is 27.7. The molecule has 0 saturated heterocycles. The van der Waals surface area contributed by atoms with Crippen molar-refractivity contribution in [2.24, 2.45) is 0 Å². The highest BCUT2D eigenvalue weighted by Gasteiger charge is 2.11. The third-order valence-corrected chi connectivity index (χ3v) is 3.35. The predicted molar refractivity (Wildman–Crippen MR) is 91.6 cm³/mol. The van der Waals surface area contributed by atoms with Crippen LogP contribution in [0, 0.1) is 0 Å². The predicted octanol–water partition coefficient (Wildman–Crippen LogP) is 2.10. The molecule has 3 N–H and O–H groups in total. The highest BCUT2D eigenvalue weighted by Crippen LogP contribution is 2.11. The topological polar surface area (TPSA) is 83.1 Å². The second-order valence-electron chi connectivity index (χ2n) is 5.30. The van der Waals surface area contributed by atoms with E-state index in [1.165, 1.54) is 12.4 Å². The molecule has 0 aliphatic rings. The van der Waals surface area contributed by atoms with Crippen molar-refractivity contribution in [2.45, 2.75) is 19.4 Å². The Morgan fingerprint density at radius 3 is 2.42 bits per heavy atom. The van der Waals surface area contributed by atoms with Gasteiger partial charge in [-0.15, -0.1) is 0 Å². The van der Waals surface area contributed by atoms with Crippen molar-refractivity contribution in [3.8, 4) is 0 Å². The average molecular weight is 324 g/mol. The largest absolute Gasteiger partial charge is 0.349 e. The minimum atomic E-state index is -0.323. The smallest absolute Gasteiger partial charge is 0.269 e. The van der Waals surface area contributed by atoms with E-state index >= 15 is 0 Å². The highest BCUT2D eigenvalue weighted by atomic mass is 16.2. The van der Waals surface area contributed by atoms with E-state index in [-0.39, 0.29) is 24.3 Å². The van der Waals surface area contributed by atoms with E-state index in [4.69, 9.17) is 0 Å². The van der Waals surface area contributed by atoms with Crippen LogP contribution in [0.4, 0.5) is 0 Å². The molecule has 6 nitrogen and oxygen atoms in total. The van der Waals surface area contributed by atoms with Crippen molar-refractivity contribution in [3.05, 3.63) is 78.3 Å². The molecule has 0 unspecified atom stereocenters. The molecule has 1 heterocycles. The van der Waals surface area contributed by atoms with Crippen LogP contribution in [0.25, 0.3) is 0 Å². The summed E-state index contributed by atoms with van der Waals surface area (Å²) >= 11 is 0. The number of hydrazine groups is 1. The van der Waals surface area contributed by atoms with Crippen LogP contribution >= 0.6 is 0 Å². The van der Waals surface area contributed by atoms with Gasteiger partial charge in [0.05, 0.1) is 12.5 Å². The third-order valence-electron chi connectivity index (χ3n) is 3.35.